The Morgan fingerprint density at radius 1 is 0.971 bits per heavy atom. The van der Waals surface area contributed by atoms with E-state index in [0.29, 0.717) is 30.6 Å². The molecule has 0 saturated heterocycles. The van der Waals surface area contributed by atoms with Crippen molar-refractivity contribution in [3.8, 4) is 0 Å². The first-order chi connectivity index (χ1) is 16.4. The summed E-state index contributed by atoms with van der Waals surface area (Å²) in [6.07, 6.45) is 8.85. The van der Waals surface area contributed by atoms with E-state index < -0.39 is 17.4 Å². The fourth-order valence-corrected chi connectivity index (χ4v) is 8.56. The molecular formula is C30H52O5. The second-order valence-electron chi connectivity index (χ2n) is 12.6. The molecule has 3 fully saturated rings. The second kappa shape index (κ2) is 12.2. The summed E-state index contributed by atoms with van der Waals surface area (Å²) in [6.45, 7) is 15.4. The molecule has 3 saturated carbocycles. The minimum absolute atomic E-state index is 0.00645. The number of Topliss-reactive ketones (excluding diaryl/α,β-unsaturated/α-hetero) is 1. The van der Waals surface area contributed by atoms with Gasteiger partial charge in [0.25, 0.3) is 0 Å². The van der Waals surface area contributed by atoms with Gasteiger partial charge in [-0.2, -0.15) is 0 Å². The lowest BCUT2D eigenvalue weighted by Crippen LogP contribution is -2.56. The normalized spacial score (nSPS) is 37.1. The summed E-state index contributed by atoms with van der Waals surface area (Å²) in [5, 5.41) is 19.0. The topological polar surface area (TPSA) is 91.7 Å². The third-order valence-electron chi connectivity index (χ3n) is 10.3. The van der Waals surface area contributed by atoms with Crippen molar-refractivity contribution < 1.29 is 24.6 Å². The number of carbonyl (C=O) groups excluding carboxylic acids is 1. The van der Waals surface area contributed by atoms with Gasteiger partial charge in [-0.25, -0.2) is 0 Å². The van der Waals surface area contributed by atoms with Gasteiger partial charge in [-0.1, -0.05) is 67.7 Å². The maximum absolute atomic E-state index is 13.3. The molecule has 0 amide bonds. The van der Waals surface area contributed by atoms with Crippen molar-refractivity contribution in [1.82, 2.24) is 0 Å². The van der Waals surface area contributed by atoms with Crippen LogP contribution in [0.3, 0.4) is 0 Å². The highest BCUT2D eigenvalue weighted by Crippen LogP contribution is 2.67. The van der Waals surface area contributed by atoms with E-state index in [1.807, 2.05) is 20.8 Å². The van der Waals surface area contributed by atoms with Crippen molar-refractivity contribution >= 4 is 17.7 Å². The van der Waals surface area contributed by atoms with E-state index in [1.54, 1.807) is 0 Å². The van der Waals surface area contributed by atoms with Crippen LogP contribution in [0.15, 0.2) is 0 Å². The van der Waals surface area contributed by atoms with Crippen LogP contribution in [0.2, 0.25) is 0 Å². The van der Waals surface area contributed by atoms with Gasteiger partial charge in [-0.3, -0.25) is 14.4 Å². The van der Waals surface area contributed by atoms with Gasteiger partial charge in [0, 0.05) is 24.7 Å². The van der Waals surface area contributed by atoms with Gasteiger partial charge < -0.3 is 10.2 Å². The van der Waals surface area contributed by atoms with Crippen molar-refractivity contribution in [3.05, 3.63) is 0 Å². The van der Waals surface area contributed by atoms with Crippen LogP contribution in [-0.2, 0) is 14.4 Å². The molecular weight excluding hydrogens is 440 g/mol. The Hall–Kier alpha value is -1.39. The maximum Gasteiger partial charge on any atom is 0.303 e. The van der Waals surface area contributed by atoms with E-state index in [0.717, 1.165) is 25.2 Å². The molecule has 0 heterocycles. The third kappa shape index (κ3) is 6.31. The van der Waals surface area contributed by atoms with Crippen LogP contribution in [0.25, 0.3) is 0 Å². The first-order valence-corrected chi connectivity index (χ1v) is 14.4. The molecule has 0 bridgehead atoms. The minimum Gasteiger partial charge on any atom is -0.481 e. The monoisotopic (exact) mass is 492 g/mol. The molecule has 8 atom stereocenters. The molecule has 6 unspecified atom stereocenters. The van der Waals surface area contributed by atoms with E-state index in [9.17, 15) is 24.6 Å². The van der Waals surface area contributed by atoms with Gasteiger partial charge >= 0.3 is 11.9 Å². The van der Waals surface area contributed by atoms with Crippen LogP contribution in [-0.4, -0.2) is 27.9 Å². The van der Waals surface area contributed by atoms with E-state index in [2.05, 4.69) is 27.7 Å². The number of carboxylic acid groups (broad SMARTS) is 2. The number of rotatable bonds is 10. The summed E-state index contributed by atoms with van der Waals surface area (Å²) < 4.78 is 0. The molecule has 5 heteroatoms. The average Bonchev–Trinajstić information content (AvgIpc) is 3.13. The summed E-state index contributed by atoms with van der Waals surface area (Å²) in [7, 11) is 0. The Labute approximate surface area is 213 Å². The van der Waals surface area contributed by atoms with Crippen molar-refractivity contribution in [2.75, 3.05) is 0 Å². The van der Waals surface area contributed by atoms with Gasteiger partial charge in [0.15, 0.2) is 0 Å². The molecule has 2 N–H and O–H groups in total. The highest BCUT2D eigenvalue weighted by molar-refractivity contribution is 5.87. The van der Waals surface area contributed by atoms with E-state index in [1.165, 1.54) is 25.7 Å². The smallest absolute Gasteiger partial charge is 0.303 e. The lowest BCUT2D eigenvalue weighted by atomic mass is 9.45. The number of hydrogen-bond donors (Lipinski definition) is 2. The molecule has 0 spiro atoms. The highest BCUT2D eigenvalue weighted by atomic mass is 16.4. The van der Waals surface area contributed by atoms with Crippen LogP contribution >= 0.6 is 0 Å². The lowest BCUT2D eigenvalue weighted by molar-refractivity contribution is -0.158. The van der Waals surface area contributed by atoms with Gasteiger partial charge in [-0.15, -0.1) is 0 Å². The van der Waals surface area contributed by atoms with Gasteiger partial charge in [-0.05, 0) is 78.9 Å². The second-order valence-corrected chi connectivity index (χ2v) is 12.6. The molecule has 3 aliphatic rings. The van der Waals surface area contributed by atoms with Crippen molar-refractivity contribution in [2.24, 2.45) is 52.3 Å². The number of carbonyl (C=O) groups is 3. The Morgan fingerprint density at radius 3 is 2.20 bits per heavy atom. The molecule has 5 nitrogen and oxygen atoms in total. The van der Waals surface area contributed by atoms with Gasteiger partial charge in [0.1, 0.15) is 5.78 Å². The molecule has 3 aliphatic carbocycles. The van der Waals surface area contributed by atoms with Crippen LogP contribution in [0.1, 0.15) is 119 Å². The van der Waals surface area contributed by atoms with E-state index >= 15 is 0 Å². The zero-order valence-electron chi connectivity index (χ0n) is 23.4. The lowest BCUT2D eigenvalue weighted by Gasteiger charge is -2.58. The van der Waals surface area contributed by atoms with E-state index in [-0.39, 0.29) is 41.8 Å². The quantitative estimate of drug-likeness (QED) is 0.330. The number of carboxylic acids is 2. The predicted octanol–water partition coefficient (Wildman–Crippen LogP) is 7.47. The summed E-state index contributed by atoms with van der Waals surface area (Å²) in [5.41, 5.74) is -0.441. The number of hydrogen-bond acceptors (Lipinski definition) is 3. The SMILES string of the molecule is CC.CC(C)CCCC(C)C1CCC2C3C(CC(=O)O)CC(=O)[C@](C)(CCC(=O)O)C3CC[C@]12C. The number of ketones is 1. The van der Waals surface area contributed by atoms with Gasteiger partial charge in [0.05, 0.1) is 0 Å². The Morgan fingerprint density at radius 2 is 1.63 bits per heavy atom. The summed E-state index contributed by atoms with van der Waals surface area (Å²) >= 11 is 0. The molecule has 0 radical (unpaired) electrons. The molecule has 35 heavy (non-hydrogen) atoms. The Bertz CT molecular complexity index is 745. The van der Waals surface area contributed by atoms with Crippen LogP contribution in [0.4, 0.5) is 0 Å². The van der Waals surface area contributed by atoms with Crippen molar-refractivity contribution in [3.63, 3.8) is 0 Å². The fourth-order valence-electron chi connectivity index (χ4n) is 8.56. The number of aliphatic carboxylic acids is 2. The van der Waals surface area contributed by atoms with Crippen LogP contribution in [0.5, 0.6) is 0 Å². The first-order valence-electron chi connectivity index (χ1n) is 14.4. The maximum atomic E-state index is 13.3. The van der Waals surface area contributed by atoms with Gasteiger partial charge in [0.2, 0.25) is 0 Å². The minimum atomic E-state index is -0.856. The molecule has 0 aliphatic heterocycles. The van der Waals surface area contributed by atoms with Crippen molar-refractivity contribution in [2.45, 2.75) is 119 Å². The first kappa shape index (κ1) is 29.8. The summed E-state index contributed by atoms with van der Waals surface area (Å²) in [5.74, 6) is 1.12. The molecule has 3 rings (SSSR count). The Kier molecular flexibility index (Phi) is 10.4. The predicted molar refractivity (Wildman–Crippen MR) is 140 cm³/mol. The largest absolute Gasteiger partial charge is 0.481 e. The van der Waals surface area contributed by atoms with Crippen molar-refractivity contribution in [1.29, 1.82) is 0 Å². The molecule has 202 valence electrons. The summed E-state index contributed by atoms with van der Waals surface area (Å²) in [6, 6.07) is 0. The highest BCUT2D eigenvalue weighted by Gasteiger charge is 2.62. The summed E-state index contributed by atoms with van der Waals surface area (Å²) in [4.78, 5) is 36.4. The molecule has 0 aromatic carbocycles. The average molecular weight is 493 g/mol. The number of fused-ring (bicyclic) bond motifs is 3. The zero-order chi connectivity index (χ0) is 26.6. The standard InChI is InChI=1S/C28H46O5.C2H6/c1-17(2)7-6-8-18(3)20-9-10-21-26-19(16-25(32)33)15-23(29)28(5,14-12-24(30)31)22(26)11-13-27(20,21)4;1-2/h17-22,26H,6-16H2,1-5H3,(H,30,31)(H,32,33);1-2H3/t18?,19?,20?,21?,22?,26?,27-,28-;/m1./s1. The Balaban J connectivity index is 0.00000210. The van der Waals surface area contributed by atoms with Crippen LogP contribution in [0, 0.1) is 52.3 Å². The zero-order valence-corrected chi connectivity index (χ0v) is 23.4. The molecule has 0 aromatic heterocycles. The van der Waals surface area contributed by atoms with E-state index in [4.69, 9.17) is 0 Å². The van der Waals surface area contributed by atoms with Crippen LogP contribution < -0.4 is 0 Å². The third-order valence-corrected chi connectivity index (χ3v) is 10.3. The molecule has 0 aromatic rings. The fraction of sp³-hybridized carbons (Fsp3) is 0.900.